The summed E-state index contributed by atoms with van der Waals surface area (Å²) in [5, 5.41) is 10.3. The van der Waals surface area contributed by atoms with E-state index < -0.39 is 0 Å². The Bertz CT molecular complexity index is 544. The van der Waals surface area contributed by atoms with Crippen molar-refractivity contribution in [2.45, 2.75) is 26.4 Å². The Morgan fingerprint density at radius 1 is 1.20 bits per heavy atom. The molecular formula is C15H21N3O2. The van der Waals surface area contributed by atoms with Crippen molar-refractivity contribution in [2.75, 3.05) is 31.6 Å². The summed E-state index contributed by atoms with van der Waals surface area (Å²) < 4.78 is 0. The average molecular weight is 275 g/mol. The Morgan fingerprint density at radius 3 is 2.60 bits per heavy atom. The molecule has 1 fully saturated rings. The minimum Gasteiger partial charge on any atom is -0.506 e. The highest BCUT2D eigenvalue weighted by Crippen LogP contribution is 2.35. The van der Waals surface area contributed by atoms with Crippen LogP contribution in [0, 0.1) is 0 Å². The molecule has 0 bridgehead atoms. The molecule has 0 radical (unpaired) electrons. The number of hydrogen-bond acceptors (Lipinski definition) is 3. The lowest BCUT2D eigenvalue weighted by atomic mass is 10.1. The fourth-order valence-electron chi connectivity index (χ4n) is 3.11. The van der Waals surface area contributed by atoms with E-state index in [0.717, 1.165) is 31.6 Å². The molecule has 2 amide bonds. The Labute approximate surface area is 119 Å². The van der Waals surface area contributed by atoms with Gasteiger partial charge in [0.25, 0.3) is 0 Å². The van der Waals surface area contributed by atoms with Crippen molar-refractivity contribution in [2.24, 2.45) is 0 Å². The van der Waals surface area contributed by atoms with Crippen LogP contribution >= 0.6 is 0 Å². The van der Waals surface area contributed by atoms with Gasteiger partial charge in [-0.15, -0.1) is 0 Å². The zero-order chi connectivity index (χ0) is 14.3. The molecule has 0 saturated carbocycles. The highest BCUT2D eigenvalue weighted by Gasteiger charge is 2.29. The quantitative estimate of drug-likeness (QED) is 0.898. The van der Waals surface area contributed by atoms with Crippen molar-refractivity contribution in [3.8, 4) is 5.75 Å². The van der Waals surface area contributed by atoms with Crippen LogP contribution in [0.4, 0.5) is 10.5 Å². The molecular weight excluding hydrogens is 254 g/mol. The highest BCUT2D eigenvalue weighted by atomic mass is 16.3. The molecule has 108 valence electrons. The summed E-state index contributed by atoms with van der Waals surface area (Å²) >= 11 is 0. The van der Waals surface area contributed by atoms with Crippen LogP contribution in [0.1, 0.15) is 24.5 Å². The number of rotatable bonds is 2. The third-order valence-corrected chi connectivity index (χ3v) is 4.16. The van der Waals surface area contributed by atoms with Crippen LogP contribution in [0.2, 0.25) is 0 Å². The molecule has 0 aliphatic carbocycles. The van der Waals surface area contributed by atoms with Crippen LogP contribution in [0.5, 0.6) is 5.75 Å². The lowest BCUT2D eigenvalue weighted by Crippen LogP contribution is -2.49. The van der Waals surface area contributed by atoms with Crippen molar-refractivity contribution in [1.29, 1.82) is 0 Å². The lowest BCUT2D eigenvalue weighted by Gasteiger charge is -2.35. The van der Waals surface area contributed by atoms with Gasteiger partial charge in [-0.2, -0.15) is 0 Å². The van der Waals surface area contributed by atoms with Gasteiger partial charge in [0, 0.05) is 32.7 Å². The molecule has 2 aliphatic heterocycles. The number of fused-ring (bicyclic) bond motifs is 1. The van der Waals surface area contributed by atoms with Crippen molar-refractivity contribution in [3.05, 3.63) is 23.3 Å². The summed E-state index contributed by atoms with van der Waals surface area (Å²) in [5.74, 6) is 0.213. The van der Waals surface area contributed by atoms with E-state index in [1.165, 1.54) is 5.56 Å². The van der Waals surface area contributed by atoms with Gasteiger partial charge in [0.2, 0.25) is 0 Å². The second kappa shape index (κ2) is 4.98. The monoisotopic (exact) mass is 275 g/mol. The van der Waals surface area contributed by atoms with Crippen LogP contribution in [-0.4, -0.2) is 47.6 Å². The van der Waals surface area contributed by atoms with Crippen molar-refractivity contribution < 1.29 is 9.90 Å². The standard InChI is InChI=1S/C15H21N3O2/c1-3-17-5-4-6-18(15(17)20)13-7-11-9-16(2)10-12(11)8-14(13)19/h7-8,19H,3-6,9-10H2,1-2H3. The maximum absolute atomic E-state index is 12.4. The summed E-state index contributed by atoms with van der Waals surface area (Å²) in [7, 11) is 2.06. The van der Waals surface area contributed by atoms with Crippen LogP contribution in [-0.2, 0) is 13.1 Å². The van der Waals surface area contributed by atoms with E-state index in [0.29, 0.717) is 18.8 Å². The van der Waals surface area contributed by atoms with Gasteiger partial charge < -0.3 is 10.0 Å². The molecule has 0 spiro atoms. The summed E-state index contributed by atoms with van der Waals surface area (Å²) in [6.45, 7) is 5.92. The molecule has 20 heavy (non-hydrogen) atoms. The van der Waals surface area contributed by atoms with E-state index in [4.69, 9.17) is 0 Å². The predicted octanol–water partition coefficient (Wildman–Crippen LogP) is 1.99. The number of hydrogen-bond donors (Lipinski definition) is 1. The van der Waals surface area contributed by atoms with E-state index in [1.54, 1.807) is 4.90 Å². The van der Waals surface area contributed by atoms with E-state index in [9.17, 15) is 9.90 Å². The molecule has 5 heteroatoms. The summed E-state index contributed by atoms with van der Waals surface area (Å²) in [4.78, 5) is 18.1. The molecule has 2 heterocycles. The maximum Gasteiger partial charge on any atom is 0.324 e. The number of carbonyl (C=O) groups is 1. The smallest absolute Gasteiger partial charge is 0.324 e. The zero-order valence-electron chi connectivity index (χ0n) is 12.1. The van der Waals surface area contributed by atoms with Crippen molar-refractivity contribution in [3.63, 3.8) is 0 Å². The van der Waals surface area contributed by atoms with Crippen molar-refractivity contribution >= 4 is 11.7 Å². The van der Waals surface area contributed by atoms with Gasteiger partial charge in [-0.25, -0.2) is 4.79 Å². The van der Waals surface area contributed by atoms with Gasteiger partial charge in [0.1, 0.15) is 5.75 Å². The molecule has 5 nitrogen and oxygen atoms in total. The summed E-state index contributed by atoms with van der Waals surface area (Å²) in [5.41, 5.74) is 3.02. The number of benzene rings is 1. The first kappa shape index (κ1) is 13.2. The first-order chi connectivity index (χ1) is 9.60. The molecule has 1 N–H and O–H groups in total. The fourth-order valence-corrected chi connectivity index (χ4v) is 3.11. The average Bonchev–Trinajstić information content (AvgIpc) is 2.77. The molecule has 3 rings (SSSR count). The van der Waals surface area contributed by atoms with Crippen LogP contribution in [0.3, 0.4) is 0 Å². The number of carbonyl (C=O) groups excluding carboxylic acids is 1. The third kappa shape index (κ3) is 2.12. The molecule has 0 unspecified atom stereocenters. The Hall–Kier alpha value is -1.75. The topological polar surface area (TPSA) is 47.0 Å². The molecule has 0 aromatic heterocycles. The number of urea groups is 1. The van der Waals surface area contributed by atoms with E-state index >= 15 is 0 Å². The van der Waals surface area contributed by atoms with Crippen LogP contribution in [0.25, 0.3) is 0 Å². The second-order valence-corrected chi connectivity index (χ2v) is 5.65. The Morgan fingerprint density at radius 2 is 1.90 bits per heavy atom. The van der Waals surface area contributed by atoms with E-state index in [-0.39, 0.29) is 11.8 Å². The van der Waals surface area contributed by atoms with Gasteiger partial charge in [0.15, 0.2) is 0 Å². The first-order valence-corrected chi connectivity index (χ1v) is 7.20. The second-order valence-electron chi connectivity index (χ2n) is 5.65. The highest BCUT2D eigenvalue weighted by molar-refractivity contribution is 5.94. The van der Waals surface area contributed by atoms with E-state index in [2.05, 4.69) is 11.9 Å². The number of amides is 2. The Kier molecular flexibility index (Phi) is 3.30. The zero-order valence-corrected chi connectivity index (χ0v) is 12.1. The van der Waals surface area contributed by atoms with Gasteiger partial charge in [0.05, 0.1) is 5.69 Å². The minimum absolute atomic E-state index is 0.000325. The fraction of sp³-hybridized carbons (Fsp3) is 0.533. The predicted molar refractivity (Wildman–Crippen MR) is 77.9 cm³/mol. The van der Waals surface area contributed by atoms with E-state index in [1.807, 2.05) is 24.0 Å². The molecule has 0 atom stereocenters. The summed E-state index contributed by atoms with van der Waals surface area (Å²) in [6.07, 6.45) is 0.940. The minimum atomic E-state index is 0.000325. The normalized spacial score (nSPS) is 19.6. The number of anilines is 1. The van der Waals surface area contributed by atoms with Gasteiger partial charge in [-0.1, -0.05) is 0 Å². The van der Waals surface area contributed by atoms with Crippen molar-refractivity contribution in [1.82, 2.24) is 9.80 Å². The van der Waals surface area contributed by atoms with Crippen LogP contribution in [0.15, 0.2) is 12.1 Å². The SMILES string of the molecule is CCN1CCCN(c2cc3c(cc2O)CN(C)C3)C1=O. The van der Waals surface area contributed by atoms with Gasteiger partial charge in [-0.05, 0) is 43.7 Å². The summed E-state index contributed by atoms with van der Waals surface area (Å²) in [6, 6.07) is 3.79. The largest absolute Gasteiger partial charge is 0.506 e. The molecule has 1 aromatic rings. The van der Waals surface area contributed by atoms with Gasteiger partial charge in [-0.3, -0.25) is 9.80 Å². The number of nitrogens with zero attached hydrogens (tertiary/aromatic N) is 3. The third-order valence-electron chi connectivity index (χ3n) is 4.16. The number of aromatic hydroxyl groups is 1. The molecule has 1 saturated heterocycles. The molecule has 2 aliphatic rings. The Balaban J connectivity index is 1.94. The van der Waals surface area contributed by atoms with Gasteiger partial charge >= 0.3 is 6.03 Å². The number of phenols is 1. The maximum atomic E-state index is 12.4. The number of phenolic OH excluding ortho intramolecular Hbond substituents is 1. The van der Waals surface area contributed by atoms with Crippen LogP contribution < -0.4 is 4.90 Å². The lowest BCUT2D eigenvalue weighted by molar-refractivity contribution is 0.198. The molecule has 1 aromatic carbocycles. The first-order valence-electron chi connectivity index (χ1n) is 7.20.